The van der Waals surface area contributed by atoms with E-state index in [9.17, 15) is 8.78 Å². The van der Waals surface area contributed by atoms with Crippen LogP contribution in [0.4, 0.5) is 8.78 Å². The molecule has 1 aliphatic carbocycles. The van der Waals surface area contributed by atoms with Gasteiger partial charge in [-0.2, -0.15) is 0 Å². The van der Waals surface area contributed by atoms with Crippen LogP contribution in [0.25, 0.3) is 0 Å². The van der Waals surface area contributed by atoms with Gasteiger partial charge in [-0.1, -0.05) is 12.2 Å². The number of hydrogen-bond acceptors (Lipinski definition) is 1. The topological polar surface area (TPSA) is 9.23 Å². The van der Waals surface area contributed by atoms with Crippen LogP contribution in [-0.2, 0) is 11.3 Å². The highest BCUT2D eigenvalue weighted by Crippen LogP contribution is 2.16. The second-order valence-corrected chi connectivity index (χ2v) is 3.67. The maximum Gasteiger partial charge on any atom is 0.126 e. The molecule has 1 aliphatic rings. The van der Waals surface area contributed by atoms with Gasteiger partial charge in [0.2, 0.25) is 0 Å². The molecule has 0 N–H and O–H groups in total. The molecule has 0 saturated carbocycles. The number of benzene rings is 1. The van der Waals surface area contributed by atoms with E-state index in [1.807, 2.05) is 12.2 Å². The number of rotatable bonds is 3. The van der Waals surface area contributed by atoms with Crippen molar-refractivity contribution in [2.24, 2.45) is 0 Å². The Kier molecular flexibility index (Phi) is 3.34. The minimum atomic E-state index is -0.573. The number of ether oxygens (including phenoxy) is 1. The van der Waals surface area contributed by atoms with Crippen LogP contribution in [0.3, 0.4) is 0 Å². The van der Waals surface area contributed by atoms with Gasteiger partial charge in [-0.15, -0.1) is 0 Å². The van der Waals surface area contributed by atoms with E-state index in [0.717, 1.165) is 24.7 Å². The molecule has 84 valence electrons. The minimum absolute atomic E-state index is 0.203. The highest BCUT2D eigenvalue weighted by Gasteiger charge is 2.04. The van der Waals surface area contributed by atoms with E-state index in [1.54, 1.807) is 0 Å². The van der Waals surface area contributed by atoms with E-state index in [1.165, 1.54) is 12.1 Å². The Bertz CT molecular complexity index is 415. The van der Waals surface area contributed by atoms with Crippen molar-refractivity contribution in [2.75, 3.05) is 0 Å². The van der Waals surface area contributed by atoms with Gasteiger partial charge in [-0.3, -0.25) is 0 Å². The third-order valence-corrected chi connectivity index (χ3v) is 2.32. The van der Waals surface area contributed by atoms with Crippen molar-refractivity contribution in [3.05, 3.63) is 59.4 Å². The van der Waals surface area contributed by atoms with Crippen molar-refractivity contribution in [2.45, 2.75) is 19.4 Å². The highest BCUT2D eigenvalue weighted by atomic mass is 19.1. The zero-order chi connectivity index (χ0) is 11.4. The third kappa shape index (κ3) is 2.92. The molecule has 1 nitrogen and oxygen atoms in total. The lowest BCUT2D eigenvalue weighted by Crippen LogP contribution is -1.97. The average Bonchev–Trinajstić information content (AvgIpc) is 2.27. The minimum Gasteiger partial charge on any atom is -0.493 e. The van der Waals surface area contributed by atoms with Crippen LogP contribution in [0, 0.1) is 11.6 Å². The average molecular weight is 222 g/mol. The van der Waals surface area contributed by atoms with Crippen molar-refractivity contribution in [3.8, 4) is 0 Å². The van der Waals surface area contributed by atoms with E-state index in [2.05, 4.69) is 6.08 Å². The Balaban J connectivity index is 1.99. The van der Waals surface area contributed by atoms with Crippen molar-refractivity contribution in [1.29, 1.82) is 0 Å². The van der Waals surface area contributed by atoms with Crippen LogP contribution >= 0.6 is 0 Å². The van der Waals surface area contributed by atoms with E-state index in [-0.39, 0.29) is 6.61 Å². The lowest BCUT2D eigenvalue weighted by Gasteiger charge is -2.11. The van der Waals surface area contributed by atoms with Crippen molar-refractivity contribution >= 4 is 0 Å². The lowest BCUT2D eigenvalue weighted by molar-refractivity contribution is 0.188. The Morgan fingerprint density at radius 2 is 1.88 bits per heavy atom. The highest BCUT2D eigenvalue weighted by molar-refractivity contribution is 5.18. The summed E-state index contributed by atoms with van der Waals surface area (Å²) in [5.41, 5.74) is 0.507. The van der Waals surface area contributed by atoms with Crippen LogP contribution in [0.2, 0.25) is 0 Å². The molecule has 0 aliphatic heterocycles. The molecule has 0 saturated heterocycles. The fourth-order valence-electron chi connectivity index (χ4n) is 1.57. The fourth-order valence-corrected chi connectivity index (χ4v) is 1.57. The van der Waals surface area contributed by atoms with Crippen LogP contribution in [0.5, 0.6) is 0 Å². The maximum absolute atomic E-state index is 12.9. The first-order valence-electron chi connectivity index (χ1n) is 5.17. The van der Waals surface area contributed by atoms with Crippen LogP contribution in [0.1, 0.15) is 18.4 Å². The van der Waals surface area contributed by atoms with E-state index >= 15 is 0 Å². The molecule has 0 heterocycles. The molecule has 0 amide bonds. The summed E-state index contributed by atoms with van der Waals surface area (Å²) >= 11 is 0. The fraction of sp³-hybridized carbons (Fsp3) is 0.231. The Morgan fingerprint density at radius 1 is 1.12 bits per heavy atom. The first kappa shape index (κ1) is 10.9. The van der Waals surface area contributed by atoms with E-state index < -0.39 is 11.6 Å². The zero-order valence-electron chi connectivity index (χ0n) is 8.75. The summed E-state index contributed by atoms with van der Waals surface area (Å²) in [6.07, 6.45) is 7.64. The Hall–Kier alpha value is -1.64. The lowest BCUT2D eigenvalue weighted by atomic mass is 10.1. The molecule has 2 rings (SSSR count). The van der Waals surface area contributed by atoms with Crippen LogP contribution < -0.4 is 0 Å². The molecule has 1 aromatic carbocycles. The van der Waals surface area contributed by atoms with Crippen molar-refractivity contribution < 1.29 is 13.5 Å². The van der Waals surface area contributed by atoms with Gasteiger partial charge in [0.1, 0.15) is 18.2 Å². The molecular weight excluding hydrogens is 210 g/mol. The van der Waals surface area contributed by atoms with Crippen LogP contribution in [0.15, 0.2) is 42.2 Å². The number of allylic oxidation sites excluding steroid dienone is 4. The van der Waals surface area contributed by atoms with Gasteiger partial charge in [0.15, 0.2) is 0 Å². The van der Waals surface area contributed by atoms with Gasteiger partial charge in [-0.05, 0) is 30.2 Å². The van der Waals surface area contributed by atoms with E-state index in [0.29, 0.717) is 5.56 Å². The molecule has 0 atom stereocenters. The molecular formula is C13H12F2O. The van der Waals surface area contributed by atoms with Crippen molar-refractivity contribution in [3.63, 3.8) is 0 Å². The second-order valence-electron chi connectivity index (χ2n) is 3.67. The SMILES string of the molecule is Fc1cc(F)cc(COC2=CC=CCC2)c1. The second kappa shape index (κ2) is 4.92. The summed E-state index contributed by atoms with van der Waals surface area (Å²) < 4.78 is 31.2. The maximum atomic E-state index is 12.9. The molecule has 0 fully saturated rings. The summed E-state index contributed by atoms with van der Waals surface area (Å²) in [4.78, 5) is 0. The molecule has 0 aromatic heterocycles. The normalized spacial score (nSPS) is 14.8. The molecule has 1 aromatic rings. The Morgan fingerprint density at radius 3 is 2.50 bits per heavy atom. The summed E-state index contributed by atoms with van der Waals surface area (Å²) in [5.74, 6) is -0.292. The smallest absolute Gasteiger partial charge is 0.126 e. The van der Waals surface area contributed by atoms with Gasteiger partial charge in [0, 0.05) is 12.5 Å². The molecule has 0 unspecified atom stereocenters. The Labute approximate surface area is 93.0 Å². The third-order valence-electron chi connectivity index (χ3n) is 2.32. The largest absolute Gasteiger partial charge is 0.493 e. The van der Waals surface area contributed by atoms with Gasteiger partial charge >= 0.3 is 0 Å². The van der Waals surface area contributed by atoms with Crippen LogP contribution in [-0.4, -0.2) is 0 Å². The predicted octanol–water partition coefficient (Wildman–Crippen LogP) is 3.72. The first-order chi connectivity index (χ1) is 7.74. The van der Waals surface area contributed by atoms with Gasteiger partial charge < -0.3 is 4.74 Å². The predicted molar refractivity (Wildman–Crippen MR) is 57.6 cm³/mol. The quantitative estimate of drug-likeness (QED) is 0.757. The number of halogens is 2. The van der Waals surface area contributed by atoms with Gasteiger partial charge in [0.25, 0.3) is 0 Å². The van der Waals surface area contributed by atoms with Gasteiger partial charge in [-0.25, -0.2) is 8.78 Å². The molecule has 0 radical (unpaired) electrons. The molecule has 16 heavy (non-hydrogen) atoms. The van der Waals surface area contributed by atoms with Gasteiger partial charge in [0.05, 0.1) is 5.76 Å². The summed E-state index contributed by atoms with van der Waals surface area (Å²) in [7, 11) is 0. The first-order valence-corrected chi connectivity index (χ1v) is 5.17. The number of hydrogen-bond donors (Lipinski definition) is 0. The molecule has 0 spiro atoms. The monoisotopic (exact) mass is 222 g/mol. The zero-order valence-corrected chi connectivity index (χ0v) is 8.75. The summed E-state index contributed by atoms with van der Waals surface area (Å²) in [6, 6.07) is 3.41. The summed E-state index contributed by atoms with van der Waals surface area (Å²) in [6.45, 7) is 0.203. The van der Waals surface area contributed by atoms with E-state index in [4.69, 9.17) is 4.74 Å². The van der Waals surface area contributed by atoms with Crippen molar-refractivity contribution in [1.82, 2.24) is 0 Å². The molecule has 3 heteroatoms. The standard InChI is InChI=1S/C13H12F2O/c14-11-6-10(7-12(15)8-11)9-16-13-4-2-1-3-5-13/h1-2,4,6-8H,3,5,9H2. The summed E-state index contributed by atoms with van der Waals surface area (Å²) in [5, 5.41) is 0. The molecule has 0 bridgehead atoms.